The van der Waals surface area contributed by atoms with E-state index < -0.39 is 0 Å². The molecular formula is C13H19N3S. The van der Waals surface area contributed by atoms with E-state index in [-0.39, 0.29) is 0 Å². The van der Waals surface area contributed by atoms with E-state index in [0.29, 0.717) is 0 Å². The number of aryl methyl sites for hydroxylation is 2. The maximum absolute atomic E-state index is 4.18. The highest BCUT2D eigenvalue weighted by Crippen LogP contribution is 2.16. The highest BCUT2D eigenvalue weighted by molar-refractivity contribution is 7.11. The van der Waals surface area contributed by atoms with Crippen molar-refractivity contribution in [3.05, 3.63) is 39.8 Å². The summed E-state index contributed by atoms with van der Waals surface area (Å²) >= 11 is 1.88. The van der Waals surface area contributed by atoms with Crippen LogP contribution in [0.5, 0.6) is 0 Å². The lowest BCUT2D eigenvalue weighted by Crippen LogP contribution is -2.20. The maximum atomic E-state index is 4.18. The Morgan fingerprint density at radius 2 is 2.24 bits per heavy atom. The number of hydrogen-bond donors (Lipinski definition) is 0. The number of nitrogens with zero attached hydrogens (tertiary/aromatic N) is 3. The van der Waals surface area contributed by atoms with E-state index in [1.54, 1.807) is 0 Å². The summed E-state index contributed by atoms with van der Waals surface area (Å²) in [5, 5.41) is 4.18. The van der Waals surface area contributed by atoms with Gasteiger partial charge in [-0.25, -0.2) is 0 Å². The second-order valence-electron chi connectivity index (χ2n) is 4.52. The summed E-state index contributed by atoms with van der Waals surface area (Å²) < 4.78 is 1.86. The van der Waals surface area contributed by atoms with E-state index in [9.17, 15) is 0 Å². The number of rotatable bonds is 5. The lowest BCUT2D eigenvalue weighted by atomic mass is 10.2. The molecule has 0 saturated carbocycles. The van der Waals surface area contributed by atoms with Crippen molar-refractivity contribution in [1.82, 2.24) is 14.7 Å². The van der Waals surface area contributed by atoms with Gasteiger partial charge in [0.25, 0.3) is 0 Å². The SMILES string of the molecule is Cc1ccc(CN(C)CCc2cnn(C)c2)s1. The standard InChI is InChI=1S/C13H19N3S/c1-11-4-5-13(17-11)10-15(2)7-6-12-8-14-16(3)9-12/h4-5,8-9H,6-7,10H2,1-3H3. The monoisotopic (exact) mass is 249 g/mol. The van der Waals surface area contributed by atoms with Crippen LogP contribution in [0, 0.1) is 6.92 Å². The van der Waals surface area contributed by atoms with Gasteiger partial charge in [0, 0.05) is 36.1 Å². The van der Waals surface area contributed by atoms with Crippen LogP contribution in [0.1, 0.15) is 15.3 Å². The minimum absolute atomic E-state index is 1.04. The summed E-state index contributed by atoms with van der Waals surface area (Å²) in [5.74, 6) is 0. The van der Waals surface area contributed by atoms with Gasteiger partial charge in [0.05, 0.1) is 6.20 Å². The molecule has 0 aliphatic heterocycles. The summed E-state index contributed by atoms with van der Waals surface area (Å²) in [7, 11) is 4.13. The first kappa shape index (κ1) is 12.3. The Kier molecular flexibility index (Phi) is 3.97. The van der Waals surface area contributed by atoms with Gasteiger partial charge in [-0.05, 0) is 38.1 Å². The molecule has 0 amide bonds. The third kappa shape index (κ3) is 3.68. The van der Waals surface area contributed by atoms with Gasteiger partial charge in [-0.2, -0.15) is 5.10 Å². The predicted octanol–water partition coefficient (Wildman–Crippen LogP) is 2.46. The zero-order chi connectivity index (χ0) is 12.3. The molecule has 2 aromatic rings. The molecule has 2 heterocycles. The van der Waals surface area contributed by atoms with Gasteiger partial charge in [-0.15, -0.1) is 11.3 Å². The third-order valence-electron chi connectivity index (χ3n) is 2.76. The van der Waals surface area contributed by atoms with Crippen LogP contribution in [-0.4, -0.2) is 28.3 Å². The molecular weight excluding hydrogens is 230 g/mol. The molecule has 0 spiro atoms. The topological polar surface area (TPSA) is 21.1 Å². The Labute approximate surface area is 107 Å². The van der Waals surface area contributed by atoms with Crippen molar-refractivity contribution >= 4 is 11.3 Å². The molecule has 0 fully saturated rings. The zero-order valence-corrected chi connectivity index (χ0v) is 11.5. The van der Waals surface area contributed by atoms with Crippen molar-refractivity contribution in [2.75, 3.05) is 13.6 Å². The molecule has 0 N–H and O–H groups in total. The van der Waals surface area contributed by atoms with Gasteiger partial charge in [0.15, 0.2) is 0 Å². The van der Waals surface area contributed by atoms with Crippen molar-refractivity contribution in [3.63, 3.8) is 0 Å². The van der Waals surface area contributed by atoms with Crippen molar-refractivity contribution in [2.24, 2.45) is 7.05 Å². The largest absolute Gasteiger partial charge is 0.301 e. The van der Waals surface area contributed by atoms with Crippen LogP contribution in [-0.2, 0) is 20.0 Å². The average molecular weight is 249 g/mol. The molecule has 0 atom stereocenters. The van der Waals surface area contributed by atoms with E-state index in [1.165, 1.54) is 15.3 Å². The fraction of sp³-hybridized carbons (Fsp3) is 0.462. The van der Waals surface area contributed by atoms with Gasteiger partial charge in [-0.1, -0.05) is 0 Å². The van der Waals surface area contributed by atoms with E-state index in [2.05, 4.69) is 42.3 Å². The van der Waals surface area contributed by atoms with Crippen molar-refractivity contribution < 1.29 is 0 Å². The predicted molar refractivity (Wildman–Crippen MR) is 72.3 cm³/mol. The quantitative estimate of drug-likeness (QED) is 0.811. The van der Waals surface area contributed by atoms with Crippen LogP contribution in [0.4, 0.5) is 0 Å². The summed E-state index contributed by atoms with van der Waals surface area (Å²) in [6.45, 7) is 4.27. The first-order chi connectivity index (χ1) is 8.13. The lowest BCUT2D eigenvalue weighted by molar-refractivity contribution is 0.334. The molecule has 17 heavy (non-hydrogen) atoms. The Bertz CT molecular complexity index is 472. The van der Waals surface area contributed by atoms with Crippen LogP contribution in [0.2, 0.25) is 0 Å². The second kappa shape index (κ2) is 5.47. The summed E-state index contributed by atoms with van der Waals surface area (Å²) in [5.41, 5.74) is 1.31. The molecule has 4 heteroatoms. The molecule has 0 saturated heterocycles. The van der Waals surface area contributed by atoms with Gasteiger partial charge >= 0.3 is 0 Å². The molecule has 2 rings (SSSR count). The number of hydrogen-bond acceptors (Lipinski definition) is 3. The summed E-state index contributed by atoms with van der Waals surface area (Å²) in [6.07, 6.45) is 5.10. The Hall–Kier alpha value is -1.13. The smallest absolute Gasteiger partial charge is 0.0522 e. The second-order valence-corrected chi connectivity index (χ2v) is 5.89. The van der Waals surface area contributed by atoms with Crippen molar-refractivity contribution in [2.45, 2.75) is 19.9 Å². The van der Waals surface area contributed by atoms with Crippen LogP contribution in [0.3, 0.4) is 0 Å². The minimum Gasteiger partial charge on any atom is -0.301 e. The third-order valence-corrected chi connectivity index (χ3v) is 3.75. The molecule has 3 nitrogen and oxygen atoms in total. The Morgan fingerprint density at radius 3 is 2.82 bits per heavy atom. The van der Waals surface area contributed by atoms with E-state index in [0.717, 1.165) is 19.5 Å². The lowest BCUT2D eigenvalue weighted by Gasteiger charge is -2.14. The minimum atomic E-state index is 1.04. The average Bonchev–Trinajstić information content (AvgIpc) is 2.85. The van der Waals surface area contributed by atoms with E-state index in [1.807, 2.05) is 29.3 Å². The Balaban J connectivity index is 1.79. The van der Waals surface area contributed by atoms with E-state index in [4.69, 9.17) is 0 Å². The number of aromatic nitrogens is 2. The van der Waals surface area contributed by atoms with Gasteiger partial charge < -0.3 is 4.90 Å². The van der Waals surface area contributed by atoms with Crippen LogP contribution in [0.15, 0.2) is 24.5 Å². The van der Waals surface area contributed by atoms with Gasteiger partial charge in [0.1, 0.15) is 0 Å². The van der Waals surface area contributed by atoms with Crippen LogP contribution >= 0.6 is 11.3 Å². The van der Waals surface area contributed by atoms with Crippen molar-refractivity contribution in [3.8, 4) is 0 Å². The first-order valence-electron chi connectivity index (χ1n) is 5.85. The fourth-order valence-electron chi connectivity index (χ4n) is 1.84. The number of thiophene rings is 1. The number of likely N-dealkylation sites (N-methyl/N-ethyl adjacent to an activating group) is 1. The van der Waals surface area contributed by atoms with Gasteiger partial charge in [-0.3, -0.25) is 4.68 Å². The fourth-order valence-corrected chi connectivity index (χ4v) is 2.81. The summed E-state index contributed by atoms with van der Waals surface area (Å²) in [4.78, 5) is 5.19. The molecule has 92 valence electrons. The highest BCUT2D eigenvalue weighted by atomic mass is 32.1. The highest BCUT2D eigenvalue weighted by Gasteiger charge is 2.03. The maximum Gasteiger partial charge on any atom is 0.0522 e. The van der Waals surface area contributed by atoms with Crippen molar-refractivity contribution in [1.29, 1.82) is 0 Å². The van der Waals surface area contributed by atoms with E-state index >= 15 is 0 Å². The Morgan fingerprint density at radius 1 is 1.41 bits per heavy atom. The zero-order valence-electron chi connectivity index (χ0n) is 10.7. The first-order valence-corrected chi connectivity index (χ1v) is 6.66. The molecule has 0 radical (unpaired) electrons. The molecule has 0 aromatic carbocycles. The molecule has 2 aromatic heterocycles. The summed E-state index contributed by atoms with van der Waals surface area (Å²) in [6, 6.07) is 4.41. The van der Waals surface area contributed by atoms with Gasteiger partial charge in [0.2, 0.25) is 0 Å². The van der Waals surface area contributed by atoms with Crippen LogP contribution in [0.25, 0.3) is 0 Å². The molecule has 0 aliphatic rings. The van der Waals surface area contributed by atoms with Crippen LogP contribution < -0.4 is 0 Å². The molecule has 0 bridgehead atoms. The normalized spacial score (nSPS) is 11.3. The molecule has 0 unspecified atom stereocenters. The molecule has 0 aliphatic carbocycles.